The molecule has 3 N–H and O–H groups in total. The Bertz CT molecular complexity index is 717. The fourth-order valence-corrected chi connectivity index (χ4v) is 4.27. The molecule has 0 bridgehead atoms. The maximum atomic E-state index is 12.0. The zero-order valence-electron chi connectivity index (χ0n) is 18.6. The number of anilines is 1. The van der Waals surface area contributed by atoms with E-state index < -0.39 is 0 Å². The van der Waals surface area contributed by atoms with E-state index >= 15 is 0 Å². The number of nitrogens with one attached hydrogen (secondary N) is 3. The molecule has 2 atom stereocenters. The smallest absolute Gasteiger partial charge is 0.225 e. The number of fused-ring (bicyclic) bond motifs is 1. The lowest BCUT2D eigenvalue weighted by molar-refractivity contribution is -0.116. The Morgan fingerprint density at radius 3 is 2.57 bits per heavy atom. The van der Waals surface area contributed by atoms with Gasteiger partial charge in [0.05, 0.1) is 0 Å². The normalized spacial score (nSPS) is 21.4. The van der Waals surface area contributed by atoms with Crippen molar-refractivity contribution in [2.24, 2.45) is 10.9 Å². The van der Waals surface area contributed by atoms with Crippen LogP contribution in [0.25, 0.3) is 0 Å². The number of amides is 1. The number of rotatable bonds is 6. The molecule has 1 fully saturated rings. The lowest BCUT2D eigenvalue weighted by Crippen LogP contribution is -2.55. The molecule has 168 valence electrons. The lowest BCUT2D eigenvalue weighted by Gasteiger charge is -2.40. The van der Waals surface area contributed by atoms with Gasteiger partial charge in [0.15, 0.2) is 5.96 Å². The highest BCUT2D eigenvalue weighted by molar-refractivity contribution is 14.0. The van der Waals surface area contributed by atoms with Gasteiger partial charge in [-0.3, -0.25) is 14.7 Å². The van der Waals surface area contributed by atoms with E-state index in [-0.39, 0.29) is 35.8 Å². The second-order valence-electron chi connectivity index (χ2n) is 8.52. The van der Waals surface area contributed by atoms with Gasteiger partial charge in [-0.2, -0.15) is 0 Å². The minimum Gasteiger partial charge on any atom is -0.356 e. The zero-order chi connectivity index (χ0) is 20.8. The molecule has 2 aliphatic heterocycles. The molecule has 0 spiro atoms. The Morgan fingerprint density at radius 1 is 1.20 bits per heavy atom. The first-order chi connectivity index (χ1) is 14.0. The van der Waals surface area contributed by atoms with E-state index in [1.165, 1.54) is 5.56 Å². The van der Waals surface area contributed by atoms with Crippen LogP contribution < -0.4 is 16.0 Å². The molecule has 2 aliphatic rings. The first-order valence-electron chi connectivity index (χ1n) is 10.7. The number of aliphatic imine (C=N–C) groups is 1. The van der Waals surface area contributed by atoms with Crippen LogP contribution in [0.3, 0.4) is 0 Å². The van der Waals surface area contributed by atoms with E-state index in [1.807, 2.05) is 18.2 Å². The topological polar surface area (TPSA) is 72.0 Å². The predicted octanol–water partition coefficient (Wildman–Crippen LogP) is 2.17. The summed E-state index contributed by atoms with van der Waals surface area (Å²) in [4.78, 5) is 21.4. The Morgan fingerprint density at radius 2 is 1.90 bits per heavy atom. The monoisotopic (exact) mass is 528 g/mol. The molecular formula is C22H37IN6O. The lowest BCUT2D eigenvalue weighted by atomic mass is 9.90. The fourth-order valence-electron chi connectivity index (χ4n) is 4.27. The number of likely N-dealkylation sites (N-methyl/N-ethyl adjacent to an activating group) is 1. The van der Waals surface area contributed by atoms with E-state index in [1.54, 1.807) is 7.05 Å². The molecule has 8 heteroatoms. The Labute approximate surface area is 198 Å². The number of para-hydroxylation sites is 1. The third-order valence-electron chi connectivity index (χ3n) is 6.10. The second kappa shape index (κ2) is 11.9. The molecule has 3 rings (SSSR count). The van der Waals surface area contributed by atoms with Gasteiger partial charge in [-0.1, -0.05) is 32.0 Å². The number of guanidine groups is 1. The number of benzene rings is 1. The van der Waals surface area contributed by atoms with Crippen LogP contribution in [0, 0.1) is 5.92 Å². The first kappa shape index (κ1) is 24.9. The summed E-state index contributed by atoms with van der Waals surface area (Å²) in [5.74, 6) is 1.59. The molecule has 7 nitrogen and oxygen atoms in total. The molecule has 0 saturated carbocycles. The average Bonchev–Trinajstić information content (AvgIpc) is 2.71. The van der Waals surface area contributed by atoms with Gasteiger partial charge in [-0.05, 0) is 24.6 Å². The van der Waals surface area contributed by atoms with Crippen LogP contribution >= 0.6 is 24.0 Å². The summed E-state index contributed by atoms with van der Waals surface area (Å²) >= 11 is 0. The van der Waals surface area contributed by atoms with Crippen molar-refractivity contribution in [2.45, 2.75) is 32.2 Å². The minimum atomic E-state index is 0. The SMILES string of the molecule is CN=C(NCC1CC(=O)Nc2ccccc21)NCC(C(C)C)N1CCN(C)CC1.I. The largest absolute Gasteiger partial charge is 0.356 e. The molecule has 2 unspecified atom stereocenters. The average molecular weight is 528 g/mol. The van der Waals surface area contributed by atoms with Crippen LogP contribution in [0.1, 0.15) is 31.7 Å². The number of hydrogen-bond donors (Lipinski definition) is 3. The molecule has 1 aromatic rings. The number of nitrogens with zero attached hydrogens (tertiary/aromatic N) is 3. The number of halogens is 1. The molecule has 1 saturated heterocycles. The van der Waals surface area contributed by atoms with E-state index in [0.717, 1.165) is 44.4 Å². The molecular weight excluding hydrogens is 491 g/mol. The summed E-state index contributed by atoms with van der Waals surface area (Å²) in [6.45, 7) is 10.6. The van der Waals surface area contributed by atoms with E-state index in [9.17, 15) is 4.79 Å². The van der Waals surface area contributed by atoms with E-state index in [0.29, 0.717) is 24.9 Å². The first-order valence-corrected chi connectivity index (χ1v) is 10.7. The summed E-state index contributed by atoms with van der Waals surface area (Å²) in [6.07, 6.45) is 0.497. The molecule has 30 heavy (non-hydrogen) atoms. The summed E-state index contributed by atoms with van der Waals surface area (Å²) < 4.78 is 0. The number of piperazine rings is 1. The van der Waals surface area contributed by atoms with Gasteiger partial charge < -0.3 is 20.9 Å². The van der Waals surface area contributed by atoms with Gasteiger partial charge in [-0.15, -0.1) is 24.0 Å². The maximum absolute atomic E-state index is 12.0. The second-order valence-corrected chi connectivity index (χ2v) is 8.52. The molecule has 0 aliphatic carbocycles. The fraction of sp³-hybridized carbons (Fsp3) is 0.636. The van der Waals surface area contributed by atoms with Gasteiger partial charge in [0.2, 0.25) is 5.91 Å². The van der Waals surface area contributed by atoms with Crippen molar-refractivity contribution in [1.29, 1.82) is 0 Å². The van der Waals surface area contributed by atoms with Crippen LogP contribution in [0.2, 0.25) is 0 Å². The van der Waals surface area contributed by atoms with Crippen molar-refractivity contribution in [2.75, 3.05) is 58.7 Å². The third kappa shape index (κ3) is 6.55. The summed E-state index contributed by atoms with van der Waals surface area (Å²) in [5.41, 5.74) is 2.11. The molecule has 0 aromatic heterocycles. The number of carbonyl (C=O) groups is 1. The minimum absolute atomic E-state index is 0. The molecule has 1 amide bonds. The van der Waals surface area contributed by atoms with Gasteiger partial charge >= 0.3 is 0 Å². The Hall–Kier alpha value is -1.39. The van der Waals surface area contributed by atoms with Crippen LogP contribution in [0.15, 0.2) is 29.3 Å². The highest BCUT2D eigenvalue weighted by Crippen LogP contribution is 2.31. The molecule has 2 heterocycles. The van der Waals surface area contributed by atoms with Crippen LogP contribution in [-0.4, -0.2) is 81.1 Å². The van der Waals surface area contributed by atoms with Gasteiger partial charge in [0.25, 0.3) is 0 Å². The highest BCUT2D eigenvalue weighted by atomic mass is 127. The van der Waals surface area contributed by atoms with Crippen molar-refractivity contribution in [3.05, 3.63) is 29.8 Å². The third-order valence-corrected chi connectivity index (χ3v) is 6.10. The Kier molecular flexibility index (Phi) is 9.83. The number of hydrogen-bond acceptors (Lipinski definition) is 4. The zero-order valence-corrected chi connectivity index (χ0v) is 21.0. The van der Waals surface area contributed by atoms with Gasteiger partial charge in [-0.25, -0.2) is 0 Å². The van der Waals surface area contributed by atoms with Crippen LogP contribution in [0.4, 0.5) is 5.69 Å². The van der Waals surface area contributed by atoms with Crippen molar-refractivity contribution in [1.82, 2.24) is 20.4 Å². The summed E-state index contributed by atoms with van der Waals surface area (Å²) in [7, 11) is 3.99. The van der Waals surface area contributed by atoms with Crippen molar-refractivity contribution < 1.29 is 4.79 Å². The van der Waals surface area contributed by atoms with Gasteiger partial charge in [0.1, 0.15) is 0 Å². The van der Waals surface area contributed by atoms with Gasteiger partial charge in [0, 0.05) is 70.4 Å². The number of carbonyl (C=O) groups excluding carboxylic acids is 1. The molecule has 1 aromatic carbocycles. The predicted molar refractivity (Wildman–Crippen MR) is 135 cm³/mol. The van der Waals surface area contributed by atoms with Crippen molar-refractivity contribution in [3.63, 3.8) is 0 Å². The summed E-state index contributed by atoms with van der Waals surface area (Å²) in [5, 5.41) is 9.92. The van der Waals surface area contributed by atoms with Crippen LogP contribution in [-0.2, 0) is 4.79 Å². The quantitative estimate of drug-likeness (QED) is 0.300. The standard InChI is InChI=1S/C22H36N6O.HI/c1-16(2)20(28-11-9-27(4)10-12-28)15-25-22(23-3)24-14-17-13-21(29)26-19-8-6-5-7-18(17)19;/h5-8,16-17,20H,9-15H2,1-4H3,(H,26,29)(H2,23,24,25);1H. The van der Waals surface area contributed by atoms with Crippen LogP contribution in [0.5, 0.6) is 0 Å². The Balaban J connectivity index is 0.00000320. The van der Waals surface area contributed by atoms with Crippen molar-refractivity contribution in [3.8, 4) is 0 Å². The summed E-state index contributed by atoms with van der Waals surface area (Å²) in [6, 6.07) is 8.53. The van der Waals surface area contributed by atoms with E-state index in [2.05, 4.69) is 57.7 Å². The molecule has 0 radical (unpaired) electrons. The maximum Gasteiger partial charge on any atom is 0.225 e. The highest BCUT2D eigenvalue weighted by Gasteiger charge is 2.26. The van der Waals surface area contributed by atoms with Crippen molar-refractivity contribution >= 4 is 41.5 Å². The van der Waals surface area contributed by atoms with E-state index in [4.69, 9.17) is 0 Å².